The van der Waals surface area contributed by atoms with E-state index in [1.165, 1.54) is 6.07 Å². The molecule has 1 aromatic rings. The highest BCUT2D eigenvalue weighted by Crippen LogP contribution is 2.42. The zero-order valence-corrected chi connectivity index (χ0v) is 12.4. The van der Waals surface area contributed by atoms with Gasteiger partial charge >= 0.3 is 0 Å². The molecule has 0 aromatic heterocycles. The van der Waals surface area contributed by atoms with Crippen LogP contribution in [0.5, 0.6) is 0 Å². The second-order valence-electron chi connectivity index (χ2n) is 6.11. The van der Waals surface area contributed by atoms with Crippen LogP contribution in [0.15, 0.2) is 47.6 Å². The lowest BCUT2D eigenvalue weighted by molar-refractivity contribution is -0.384. The molecule has 0 radical (unpaired) electrons. The quantitative estimate of drug-likeness (QED) is 0.621. The topological polar surface area (TPSA) is 75.8 Å². The Bertz CT molecular complexity index is 801. The van der Waals surface area contributed by atoms with Crippen molar-refractivity contribution in [2.24, 2.45) is 4.99 Å². The summed E-state index contributed by atoms with van der Waals surface area (Å²) in [5.74, 6) is 0.609. The Morgan fingerprint density at radius 1 is 1.22 bits per heavy atom. The summed E-state index contributed by atoms with van der Waals surface area (Å²) in [7, 11) is 0. The van der Waals surface area contributed by atoms with Gasteiger partial charge in [0.2, 0.25) is 0 Å². The largest absolute Gasteiger partial charge is 0.317 e. The summed E-state index contributed by atoms with van der Waals surface area (Å²) in [6.45, 7) is 0. The molecule has 0 N–H and O–H groups in total. The van der Waals surface area contributed by atoms with Crippen molar-refractivity contribution in [3.63, 3.8) is 0 Å². The van der Waals surface area contributed by atoms with Crippen molar-refractivity contribution in [2.75, 3.05) is 0 Å². The number of hydrogen-bond donors (Lipinski definition) is 0. The smallest absolute Gasteiger partial charge is 0.273 e. The van der Waals surface area contributed by atoms with Crippen molar-refractivity contribution in [3.05, 3.63) is 58.3 Å². The van der Waals surface area contributed by atoms with Gasteiger partial charge in [0.25, 0.3) is 11.6 Å². The summed E-state index contributed by atoms with van der Waals surface area (Å²) in [6.07, 6.45) is 9.25. The molecule has 1 amide bonds. The van der Waals surface area contributed by atoms with Crippen LogP contribution in [0.1, 0.15) is 31.2 Å². The van der Waals surface area contributed by atoms with Crippen LogP contribution in [0.2, 0.25) is 0 Å². The van der Waals surface area contributed by atoms with Gasteiger partial charge in [0.15, 0.2) is 0 Å². The molecule has 0 atom stereocenters. The number of benzene rings is 1. The second-order valence-corrected chi connectivity index (χ2v) is 6.11. The van der Waals surface area contributed by atoms with E-state index in [-0.39, 0.29) is 11.6 Å². The van der Waals surface area contributed by atoms with Gasteiger partial charge in [-0.1, -0.05) is 25.0 Å². The summed E-state index contributed by atoms with van der Waals surface area (Å²) in [6, 6.07) is 6.54. The van der Waals surface area contributed by atoms with E-state index in [2.05, 4.69) is 4.99 Å². The van der Waals surface area contributed by atoms with Gasteiger partial charge in [0.1, 0.15) is 11.4 Å². The number of nitrogens with zero attached hydrogens (tertiary/aromatic N) is 3. The van der Waals surface area contributed by atoms with E-state index in [0.717, 1.165) is 36.8 Å². The van der Waals surface area contributed by atoms with E-state index in [4.69, 9.17) is 0 Å². The minimum absolute atomic E-state index is 0.0596. The lowest BCUT2D eigenvalue weighted by Gasteiger charge is -2.34. The third-order valence-electron chi connectivity index (χ3n) is 4.82. The standard InChI is InChI=1S/C17H15N3O3/c21-16-17(8-1-2-9-17)19-11-13(6-7-15(19)18-16)12-4-3-5-14(10-12)20(22)23/h3-7,10-11H,1-2,8-9H2. The first-order valence-corrected chi connectivity index (χ1v) is 7.67. The van der Waals surface area contributed by atoms with Gasteiger partial charge in [-0.2, -0.15) is 4.99 Å². The molecule has 6 nitrogen and oxygen atoms in total. The highest BCUT2D eigenvalue weighted by molar-refractivity contribution is 6.13. The Hall–Kier alpha value is -2.76. The number of nitro benzene ring substituents is 1. The van der Waals surface area contributed by atoms with Crippen LogP contribution in [-0.2, 0) is 4.79 Å². The number of aliphatic imine (C=N–C) groups is 1. The van der Waals surface area contributed by atoms with Crippen molar-refractivity contribution in [3.8, 4) is 0 Å². The molecule has 2 aliphatic heterocycles. The molecule has 1 aromatic carbocycles. The Morgan fingerprint density at radius 2 is 2.00 bits per heavy atom. The van der Waals surface area contributed by atoms with E-state index in [0.29, 0.717) is 5.84 Å². The van der Waals surface area contributed by atoms with Crippen molar-refractivity contribution in [2.45, 2.75) is 31.2 Å². The fourth-order valence-corrected chi connectivity index (χ4v) is 3.62. The van der Waals surface area contributed by atoms with Crippen LogP contribution in [0.3, 0.4) is 0 Å². The molecule has 3 aliphatic rings. The molecule has 1 aliphatic carbocycles. The third-order valence-corrected chi connectivity index (χ3v) is 4.82. The molecule has 6 heteroatoms. The number of allylic oxidation sites excluding steroid dienone is 2. The number of non-ortho nitro benzene ring substituents is 1. The van der Waals surface area contributed by atoms with Crippen LogP contribution >= 0.6 is 0 Å². The molecule has 4 rings (SSSR count). The normalized spacial score (nSPS) is 21.4. The molecule has 2 heterocycles. The van der Waals surface area contributed by atoms with E-state index in [1.807, 2.05) is 29.3 Å². The van der Waals surface area contributed by atoms with Gasteiger partial charge in [-0.25, -0.2) is 0 Å². The van der Waals surface area contributed by atoms with Crippen LogP contribution < -0.4 is 0 Å². The Kier molecular flexibility index (Phi) is 2.94. The minimum Gasteiger partial charge on any atom is -0.317 e. The van der Waals surface area contributed by atoms with Crippen LogP contribution in [0, 0.1) is 10.1 Å². The van der Waals surface area contributed by atoms with Crippen molar-refractivity contribution >= 4 is 23.0 Å². The number of rotatable bonds is 2. The first-order valence-electron chi connectivity index (χ1n) is 7.67. The van der Waals surface area contributed by atoms with Crippen molar-refractivity contribution < 1.29 is 9.72 Å². The molecule has 1 spiro atoms. The summed E-state index contributed by atoms with van der Waals surface area (Å²) >= 11 is 0. The summed E-state index contributed by atoms with van der Waals surface area (Å²) in [5.41, 5.74) is 1.14. The number of carbonyl (C=O) groups is 1. The fraction of sp³-hybridized carbons (Fsp3) is 0.294. The number of carbonyl (C=O) groups excluding carboxylic acids is 1. The monoisotopic (exact) mass is 309 g/mol. The van der Waals surface area contributed by atoms with Gasteiger partial charge in [0, 0.05) is 18.3 Å². The molecule has 0 bridgehead atoms. The second kappa shape index (κ2) is 4.87. The maximum absolute atomic E-state index is 12.4. The maximum atomic E-state index is 12.4. The predicted molar refractivity (Wildman–Crippen MR) is 85.7 cm³/mol. The summed E-state index contributed by atoms with van der Waals surface area (Å²) < 4.78 is 0. The molecular formula is C17H15N3O3. The average molecular weight is 309 g/mol. The molecule has 1 saturated carbocycles. The number of hydrogen-bond acceptors (Lipinski definition) is 4. The Labute approximate surface area is 133 Å². The summed E-state index contributed by atoms with van der Waals surface area (Å²) in [5, 5.41) is 11.0. The molecule has 0 unspecified atom stereocenters. The van der Waals surface area contributed by atoms with Gasteiger partial charge < -0.3 is 4.90 Å². The fourth-order valence-electron chi connectivity index (χ4n) is 3.62. The van der Waals surface area contributed by atoms with E-state index < -0.39 is 10.5 Å². The predicted octanol–water partition coefficient (Wildman–Crippen LogP) is 3.06. The molecule has 1 fully saturated rings. The maximum Gasteiger partial charge on any atom is 0.273 e. The zero-order valence-electron chi connectivity index (χ0n) is 12.4. The zero-order chi connectivity index (χ0) is 16.0. The number of nitro groups is 1. The minimum atomic E-state index is -0.536. The van der Waals surface area contributed by atoms with E-state index in [9.17, 15) is 14.9 Å². The van der Waals surface area contributed by atoms with Crippen molar-refractivity contribution in [1.29, 1.82) is 0 Å². The molecular weight excluding hydrogens is 294 g/mol. The van der Waals surface area contributed by atoms with Gasteiger partial charge in [0.05, 0.1) is 4.92 Å². The lowest BCUT2D eigenvalue weighted by Crippen LogP contribution is -2.46. The highest BCUT2D eigenvalue weighted by atomic mass is 16.6. The van der Waals surface area contributed by atoms with E-state index >= 15 is 0 Å². The first-order chi connectivity index (χ1) is 11.1. The SMILES string of the molecule is O=C1N=C2C=CC(c3cccc([N+](=O)[O-])c3)=CN2C12CCCC2. The highest BCUT2D eigenvalue weighted by Gasteiger charge is 2.51. The van der Waals surface area contributed by atoms with Gasteiger partial charge in [-0.3, -0.25) is 14.9 Å². The third kappa shape index (κ3) is 2.02. The molecule has 116 valence electrons. The van der Waals surface area contributed by atoms with Crippen LogP contribution in [-0.4, -0.2) is 27.1 Å². The number of amidine groups is 1. The molecule has 0 saturated heterocycles. The lowest BCUT2D eigenvalue weighted by atomic mass is 9.94. The first kappa shape index (κ1) is 13.9. The van der Waals surface area contributed by atoms with Gasteiger partial charge in [-0.15, -0.1) is 0 Å². The summed E-state index contributed by atoms with van der Waals surface area (Å²) in [4.78, 5) is 29.1. The van der Waals surface area contributed by atoms with Gasteiger partial charge in [-0.05, 0) is 36.1 Å². The Morgan fingerprint density at radius 3 is 2.74 bits per heavy atom. The molecule has 23 heavy (non-hydrogen) atoms. The van der Waals surface area contributed by atoms with Crippen LogP contribution in [0.4, 0.5) is 5.69 Å². The van der Waals surface area contributed by atoms with Crippen molar-refractivity contribution in [1.82, 2.24) is 4.90 Å². The number of amides is 1. The Balaban J connectivity index is 1.75. The average Bonchev–Trinajstić information content (AvgIpc) is 3.15. The number of fused-ring (bicyclic) bond motifs is 2. The van der Waals surface area contributed by atoms with E-state index in [1.54, 1.807) is 12.1 Å². The van der Waals surface area contributed by atoms with Crippen LogP contribution in [0.25, 0.3) is 5.57 Å².